The van der Waals surface area contributed by atoms with Crippen molar-refractivity contribution in [2.75, 3.05) is 17.6 Å². The highest BCUT2D eigenvalue weighted by Gasteiger charge is 2.16. The maximum Gasteiger partial charge on any atom is 0.316 e. The van der Waals surface area contributed by atoms with Crippen LogP contribution in [0, 0.1) is 17.1 Å². The summed E-state index contributed by atoms with van der Waals surface area (Å²) >= 11 is 0. The third-order valence-electron chi connectivity index (χ3n) is 4.47. The van der Waals surface area contributed by atoms with E-state index in [9.17, 15) is 19.2 Å². The van der Waals surface area contributed by atoms with Crippen molar-refractivity contribution >= 4 is 23.4 Å². The molecule has 0 aliphatic carbocycles. The molecule has 0 unspecified atom stereocenters. The zero-order chi connectivity index (χ0) is 22.4. The summed E-state index contributed by atoms with van der Waals surface area (Å²) < 4.78 is 14.5. The van der Waals surface area contributed by atoms with E-state index in [1.807, 2.05) is 0 Å². The Morgan fingerprint density at radius 2 is 1.81 bits per heavy atom. The molecule has 0 saturated heterocycles. The average molecular weight is 421 g/mol. The number of nitrogens with one attached hydrogen (secondary N) is 2. The van der Waals surface area contributed by atoms with Gasteiger partial charge in [0.1, 0.15) is 23.3 Å². The number of nitrogens with two attached hydrogens (primary N) is 2. The van der Waals surface area contributed by atoms with Crippen LogP contribution in [-0.2, 0) is 6.42 Å². The SMILES string of the molecule is N#Cc1c(CCCNC(=O)c2ccc(NC(N)=O)cc2)nn(-c2ccc(F)cc2)c1N. The van der Waals surface area contributed by atoms with E-state index in [4.69, 9.17) is 11.5 Å². The molecule has 3 rings (SSSR count). The molecular weight excluding hydrogens is 401 g/mol. The maximum atomic E-state index is 13.1. The number of primary amides is 1. The van der Waals surface area contributed by atoms with Gasteiger partial charge in [-0.1, -0.05) is 0 Å². The van der Waals surface area contributed by atoms with E-state index in [1.54, 1.807) is 24.3 Å². The highest BCUT2D eigenvalue weighted by Crippen LogP contribution is 2.21. The first-order valence-electron chi connectivity index (χ1n) is 9.37. The Balaban J connectivity index is 1.58. The molecule has 0 saturated carbocycles. The van der Waals surface area contributed by atoms with Gasteiger partial charge >= 0.3 is 6.03 Å². The molecule has 9 nitrogen and oxygen atoms in total. The first-order valence-corrected chi connectivity index (χ1v) is 9.37. The third kappa shape index (κ3) is 5.16. The second kappa shape index (κ2) is 9.41. The first-order chi connectivity index (χ1) is 14.9. The van der Waals surface area contributed by atoms with Crippen molar-refractivity contribution in [3.63, 3.8) is 0 Å². The number of urea groups is 1. The summed E-state index contributed by atoms with van der Waals surface area (Å²) in [5.41, 5.74) is 13.3. The van der Waals surface area contributed by atoms with E-state index in [2.05, 4.69) is 21.8 Å². The Bertz CT molecular complexity index is 1130. The van der Waals surface area contributed by atoms with Gasteiger partial charge in [0.05, 0.1) is 11.4 Å². The summed E-state index contributed by atoms with van der Waals surface area (Å²) in [6.45, 7) is 0.355. The van der Waals surface area contributed by atoms with Gasteiger partial charge in [-0.05, 0) is 61.4 Å². The minimum Gasteiger partial charge on any atom is -0.382 e. The van der Waals surface area contributed by atoms with Gasteiger partial charge in [0.2, 0.25) is 0 Å². The molecule has 1 heterocycles. The Hall–Kier alpha value is -4.39. The number of hydrogen-bond acceptors (Lipinski definition) is 5. The molecule has 1 aromatic heterocycles. The molecule has 3 amide bonds. The van der Waals surface area contributed by atoms with E-state index >= 15 is 0 Å². The summed E-state index contributed by atoms with van der Waals surface area (Å²) in [5, 5.41) is 19.0. The van der Waals surface area contributed by atoms with Gasteiger partial charge in [0.25, 0.3) is 5.91 Å². The van der Waals surface area contributed by atoms with Gasteiger partial charge in [-0.2, -0.15) is 10.4 Å². The molecule has 0 atom stereocenters. The van der Waals surface area contributed by atoms with Crippen molar-refractivity contribution in [1.29, 1.82) is 5.26 Å². The number of hydrogen-bond donors (Lipinski definition) is 4. The molecule has 10 heteroatoms. The summed E-state index contributed by atoms with van der Waals surface area (Å²) in [6.07, 6.45) is 0.949. The normalized spacial score (nSPS) is 10.3. The van der Waals surface area contributed by atoms with Gasteiger partial charge in [0.15, 0.2) is 0 Å². The quantitative estimate of drug-likeness (QED) is 0.431. The van der Waals surface area contributed by atoms with Crippen molar-refractivity contribution in [2.24, 2.45) is 5.73 Å². The number of nitriles is 1. The summed E-state index contributed by atoms with van der Waals surface area (Å²) in [7, 11) is 0. The van der Waals surface area contributed by atoms with Crippen LogP contribution in [0.2, 0.25) is 0 Å². The van der Waals surface area contributed by atoms with Crippen LogP contribution in [0.15, 0.2) is 48.5 Å². The molecule has 0 aliphatic rings. The van der Waals surface area contributed by atoms with Crippen LogP contribution in [0.1, 0.15) is 28.0 Å². The molecule has 0 aliphatic heterocycles. The molecule has 0 radical (unpaired) electrons. The molecule has 158 valence electrons. The standard InChI is InChI=1S/C21H20FN7O2/c22-14-5-9-16(10-6-14)29-19(24)17(12-23)18(28-29)2-1-11-26-20(30)13-3-7-15(8-4-13)27-21(25)31/h3-10H,1-2,11,24H2,(H,26,30)(H3,25,27,31). The predicted molar refractivity (Wildman–Crippen MR) is 113 cm³/mol. The predicted octanol–water partition coefficient (Wildman–Crippen LogP) is 2.32. The number of anilines is 2. The number of amides is 3. The third-order valence-corrected chi connectivity index (χ3v) is 4.47. The maximum absolute atomic E-state index is 13.1. The number of carbonyl (C=O) groups is 2. The smallest absolute Gasteiger partial charge is 0.316 e. The van der Waals surface area contributed by atoms with Crippen LogP contribution < -0.4 is 22.1 Å². The Morgan fingerprint density at radius 1 is 1.13 bits per heavy atom. The Kier molecular flexibility index (Phi) is 6.47. The number of carbonyl (C=O) groups excluding carboxylic acids is 2. The van der Waals surface area contributed by atoms with E-state index in [-0.39, 0.29) is 23.1 Å². The molecule has 6 N–H and O–H groups in total. The summed E-state index contributed by atoms with van der Waals surface area (Å²) in [5.74, 6) is -0.481. The van der Waals surface area contributed by atoms with Crippen molar-refractivity contribution in [1.82, 2.24) is 15.1 Å². The van der Waals surface area contributed by atoms with Crippen LogP contribution in [0.5, 0.6) is 0 Å². The van der Waals surface area contributed by atoms with Gasteiger partial charge in [-0.3, -0.25) is 4.79 Å². The van der Waals surface area contributed by atoms with Crippen LogP contribution >= 0.6 is 0 Å². The lowest BCUT2D eigenvalue weighted by Gasteiger charge is -2.06. The fourth-order valence-corrected chi connectivity index (χ4v) is 2.96. The molecule has 2 aromatic carbocycles. The molecule has 31 heavy (non-hydrogen) atoms. The van der Waals surface area contributed by atoms with Crippen molar-refractivity contribution in [3.8, 4) is 11.8 Å². The second-order valence-corrected chi connectivity index (χ2v) is 6.63. The fourth-order valence-electron chi connectivity index (χ4n) is 2.96. The number of benzene rings is 2. The van der Waals surface area contributed by atoms with Crippen molar-refractivity contribution in [3.05, 3.63) is 71.2 Å². The largest absolute Gasteiger partial charge is 0.382 e. The zero-order valence-corrected chi connectivity index (χ0v) is 16.4. The van der Waals surface area contributed by atoms with Crippen molar-refractivity contribution in [2.45, 2.75) is 12.8 Å². The number of aryl methyl sites for hydroxylation is 1. The fraction of sp³-hybridized carbons (Fsp3) is 0.143. The van der Waals surface area contributed by atoms with E-state index in [0.29, 0.717) is 42.0 Å². The topological polar surface area (TPSA) is 152 Å². The van der Waals surface area contributed by atoms with Crippen LogP contribution in [0.3, 0.4) is 0 Å². The summed E-state index contributed by atoms with van der Waals surface area (Å²) in [4.78, 5) is 23.1. The highest BCUT2D eigenvalue weighted by atomic mass is 19.1. The van der Waals surface area contributed by atoms with E-state index < -0.39 is 6.03 Å². The number of rotatable bonds is 7. The Morgan fingerprint density at radius 3 is 2.42 bits per heavy atom. The van der Waals surface area contributed by atoms with Gasteiger partial charge in [0, 0.05) is 17.8 Å². The average Bonchev–Trinajstić information content (AvgIpc) is 3.07. The van der Waals surface area contributed by atoms with Gasteiger partial charge in [-0.15, -0.1) is 0 Å². The molecule has 0 spiro atoms. The minimum atomic E-state index is -0.684. The van der Waals surface area contributed by atoms with Crippen LogP contribution in [-0.4, -0.2) is 28.3 Å². The highest BCUT2D eigenvalue weighted by molar-refractivity contribution is 5.95. The number of aromatic nitrogens is 2. The molecular formula is C21H20FN7O2. The monoisotopic (exact) mass is 421 g/mol. The number of halogens is 1. The van der Waals surface area contributed by atoms with Crippen LogP contribution in [0.25, 0.3) is 5.69 Å². The number of nitrogen functional groups attached to an aromatic ring is 1. The number of nitrogens with zero attached hydrogens (tertiary/aromatic N) is 3. The first kappa shape index (κ1) is 21.3. The van der Waals surface area contributed by atoms with Gasteiger partial charge in [-0.25, -0.2) is 13.9 Å². The molecule has 0 bridgehead atoms. The summed E-state index contributed by atoms with van der Waals surface area (Å²) in [6, 6.07) is 13.3. The lowest BCUT2D eigenvalue weighted by molar-refractivity contribution is 0.0953. The molecule has 0 fully saturated rings. The van der Waals surface area contributed by atoms with Gasteiger partial charge < -0.3 is 22.1 Å². The Labute approximate surface area is 177 Å². The minimum absolute atomic E-state index is 0.179. The molecule has 3 aromatic rings. The van der Waals surface area contributed by atoms with Crippen molar-refractivity contribution < 1.29 is 14.0 Å². The van der Waals surface area contributed by atoms with E-state index in [1.165, 1.54) is 28.9 Å². The lowest BCUT2D eigenvalue weighted by Crippen LogP contribution is -2.25. The second-order valence-electron chi connectivity index (χ2n) is 6.63. The van der Waals surface area contributed by atoms with Crippen LogP contribution in [0.4, 0.5) is 20.7 Å². The van der Waals surface area contributed by atoms with E-state index in [0.717, 1.165) is 0 Å². The zero-order valence-electron chi connectivity index (χ0n) is 16.4. The lowest BCUT2D eigenvalue weighted by atomic mass is 10.1.